The number of hydrogen-bond donors (Lipinski definition) is 1. The highest BCUT2D eigenvalue weighted by molar-refractivity contribution is 6.05. The summed E-state index contributed by atoms with van der Waals surface area (Å²) in [5.74, 6) is -0.487. The van der Waals surface area contributed by atoms with Gasteiger partial charge < -0.3 is 5.32 Å². The van der Waals surface area contributed by atoms with Crippen molar-refractivity contribution in [3.05, 3.63) is 83.2 Å². The van der Waals surface area contributed by atoms with Crippen LogP contribution in [0.25, 0.3) is 16.7 Å². The molecule has 0 saturated heterocycles. The highest BCUT2D eigenvalue weighted by Crippen LogP contribution is 2.23. The summed E-state index contributed by atoms with van der Waals surface area (Å²) in [5, 5.41) is 11.8. The van der Waals surface area contributed by atoms with Gasteiger partial charge in [0.05, 0.1) is 5.69 Å². The predicted octanol–water partition coefficient (Wildman–Crippen LogP) is 4.43. The topological polar surface area (TPSA) is 59.8 Å². The van der Waals surface area contributed by atoms with E-state index >= 15 is 0 Å². The van der Waals surface area contributed by atoms with Crippen LogP contribution in [0.5, 0.6) is 0 Å². The predicted molar refractivity (Wildman–Crippen MR) is 103 cm³/mol. The summed E-state index contributed by atoms with van der Waals surface area (Å²) in [6, 6.07) is 17.0. The van der Waals surface area contributed by atoms with Gasteiger partial charge in [-0.15, -0.1) is 10.2 Å². The van der Waals surface area contributed by atoms with Gasteiger partial charge in [0.25, 0.3) is 5.91 Å². The van der Waals surface area contributed by atoms with Crippen molar-refractivity contribution in [1.29, 1.82) is 0 Å². The fourth-order valence-electron chi connectivity index (χ4n) is 2.87. The first kappa shape index (κ1) is 16.9. The minimum atomic E-state index is -0.313. The van der Waals surface area contributed by atoms with Crippen LogP contribution in [0.2, 0.25) is 0 Å². The number of aromatic nitrogens is 3. The molecule has 5 nitrogen and oxygen atoms in total. The maximum absolute atomic E-state index is 13.1. The number of carbonyl (C=O) groups is 1. The molecule has 0 radical (unpaired) electrons. The lowest BCUT2D eigenvalue weighted by Crippen LogP contribution is -2.12. The van der Waals surface area contributed by atoms with Gasteiger partial charge in [-0.05, 0) is 67.9 Å². The van der Waals surface area contributed by atoms with Crippen molar-refractivity contribution >= 4 is 22.6 Å². The second-order valence-electron chi connectivity index (χ2n) is 6.45. The summed E-state index contributed by atoms with van der Waals surface area (Å²) in [5.41, 5.74) is 5.20. The van der Waals surface area contributed by atoms with E-state index in [0.717, 1.165) is 11.1 Å². The van der Waals surface area contributed by atoms with Gasteiger partial charge in [0, 0.05) is 11.3 Å². The van der Waals surface area contributed by atoms with Crippen molar-refractivity contribution < 1.29 is 9.18 Å². The summed E-state index contributed by atoms with van der Waals surface area (Å²) >= 11 is 0. The van der Waals surface area contributed by atoms with Gasteiger partial charge in [0.15, 0.2) is 0 Å². The van der Waals surface area contributed by atoms with E-state index in [1.54, 1.807) is 24.3 Å². The molecule has 27 heavy (non-hydrogen) atoms. The Balaban J connectivity index is 1.67. The average molecular weight is 360 g/mol. The first-order valence-electron chi connectivity index (χ1n) is 8.51. The smallest absolute Gasteiger partial charge is 0.255 e. The summed E-state index contributed by atoms with van der Waals surface area (Å²) in [6.07, 6.45) is 0. The second-order valence-corrected chi connectivity index (χ2v) is 6.45. The standard InChI is InChI=1S/C21H17FN4O/c1-13-4-3-5-15(10-13)21(27)23-18-12-20-19(11-14(18)2)24-26(25-20)17-8-6-16(22)7-9-17/h3-12H,1-2H3,(H,23,27). The Morgan fingerprint density at radius 3 is 2.37 bits per heavy atom. The number of anilines is 1. The maximum atomic E-state index is 13.1. The number of carbonyl (C=O) groups excluding carboxylic acids is 1. The molecule has 0 saturated carbocycles. The van der Waals surface area contributed by atoms with E-state index in [2.05, 4.69) is 15.5 Å². The third-order valence-corrected chi connectivity index (χ3v) is 4.31. The quantitative estimate of drug-likeness (QED) is 0.588. The van der Waals surface area contributed by atoms with Gasteiger partial charge in [0.2, 0.25) is 0 Å². The normalized spacial score (nSPS) is 10.9. The van der Waals surface area contributed by atoms with E-state index in [4.69, 9.17) is 0 Å². The molecule has 1 amide bonds. The Morgan fingerprint density at radius 1 is 0.963 bits per heavy atom. The number of nitrogens with zero attached hydrogens (tertiary/aromatic N) is 3. The first-order valence-corrected chi connectivity index (χ1v) is 8.51. The summed E-state index contributed by atoms with van der Waals surface area (Å²) in [7, 11) is 0. The highest BCUT2D eigenvalue weighted by Gasteiger charge is 2.12. The number of amides is 1. The number of nitrogens with one attached hydrogen (secondary N) is 1. The zero-order valence-electron chi connectivity index (χ0n) is 14.9. The highest BCUT2D eigenvalue weighted by atomic mass is 19.1. The molecule has 0 unspecified atom stereocenters. The van der Waals surface area contributed by atoms with Gasteiger partial charge in [-0.3, -0.25) is 4.79 Å². The monoisotopic (exact) mass is 360 g/mol. The molecule has 4 rings (SSSR count). The largest absolute Gasteiger partial charge is 0.322 e. The second kappa shape index (κ2) is 6.64. The van der Waals surface area contributed by atoms with Crippen molar-refractivity contribution in [2.24, 2.45) is 0 Å². The van der Waals surface area contributed by atoms with Crippen LogP contribution in [0.4, 0.5) is 10.1 Å². The van der Waals surface area contributed by atoms with Crippen LogP contribution >= 0.6 is 0 Å². The van der Waals surface area contributed by atoms with Gasteiger partial charge in [-0.2, -0.15) is 4.80 Å². The third-order valence-electron chi connectivity index (χ3n) is 4.31. The molecule has 0 aliphatic rings. The van der Waals surface area contributed by atoms with E-state index < -0.39 is 0 Å². The van der Waals surface area contributed by atoms with Gasteiger partial charge in [-0.1, -0.05) is 17.7 Å². The minimum Gasteiger partial charge on any atom is -0.322 e. The third kappa shape index (κ3) is 3.42. The number of rotatable bonds is 3. The van der Waals surface area contributed by atoms with Crippen molar-refractivity contribution in [2.45, 2.75) is 13.8 Å². The maximum Gasteiger partial charge on any atom is 0.255 e. The van der Waals surface area contributed by atoms with E-state index in [0.29, 0.717) is 28.0 Å². The minimum absolute atomic E-state index is 0.174. The number of fused-ring (bicyclic) bond motifs is 1. The number of benzene rings is 3. The fraction of sp³-hybridized carbons (Fsp3) is 0.0952. The Hall–Kier alpha value is -3.54. The van der Waals surface area contributed by atoms with Crippen LogP contribution in [-0.2, 0) is 0 Å². The molecule has 0 atom stereocenters. The molecule has 0 bridgehead atoms. The molecule has 3 aromatic carbocycles. The molecule has 0 aliphatic heterocycles. The van der Waals surface area contributed by atoms with Crippen LogP contribution in [0.1, 0.15) is 21.5 Å². The molecule has 0 fully saturated rings. The van der Waals surface area contributed by atoms with Gasteiger partial charge in [-0.25, -0.2) is 4.39 Å². The molecule has 1 N–H and O–H groups in total. The molecular formula is C21H17FN4O. The van der Waals surface area contributed by atoms with Crippen molar-refractivity contribution in [3.8, 4) is 5.69 Å². The van der Waals surface area contributed by atoms with Crippen LogP contribution < -0.4 is 5.32 Å². The summed E-state index contributed by atoms with van der Waals surface area (Å²) in [4.78, 5) is 14.0. The lowest BCUT2D eigenvalue weighted by Gasteiger charge is -2.08. The molecular weight excluding hydrogens is 343 g/mol. The van der Waals surface area contributed by atoms with Gasteiger partial charge >= 0.3 is 0 Å². The van der Waals surface area contributed by atoms with Crippen molar-refractivity contribution in [2.75, 3.05) is 5.32 Å². The zero-order chi connectivity index (χ0) is 19.0. The Kier molecular flexibility index (Phi) is 4.16. The molecule has 0 spiro atoms. The van der Waals surface area contributed by atoms with Gasteiger partial charge in [0.1, 0.15) is 16.9 Å². The van der Waals surface area contributed by atoms with Crippen LogP contribution in [0.3, 0.4) is 0 Å². The first-order chi connectivity index (χ1) is 13.0. The summed E-state index contributed by atoms with van der Waals surface area (Å²) in [6.45, 7) is 3.85. The molecule has 4 aromatic rings. The molecule has 1 aromatic heterocycles. The lowest BCUT2D eigenvalue weighted by molar-refractivity contribution is 0.102. The Labute approximate surface area is 155 Å². The van der Waals surface area contributed by atoms with Crippen molar-refractivity contribution in [1.82, 2.24) is 15.0 Å². The summed E-state index contributed by atoms with van der Waals surface area (Å²) < 4.78 is 13.1. The van der Waals surface area contributed by atoms with Crippen LogP contribution in [0, 0.1) is 19.7 Å². The molecule has 6 heteroatoms. The molecule has 1 heterocycles. The lowest BCUT2D eigenvalue weighted by atomic mass is 10.1. The van der Waals surface area contributed by atoms with E-state index in [1.807, 2.05) is 38.1 Å². The number of hydrogen-bond acceptors (Lipinski definition) is 3. The average Bonchev–Trinajstić information content (AvgIpc) is 3.05. The number of halogens is 1. The molecule has 134 valence electrons. The van der Waals surface area contributed by atoms with E-state index in [-0.39, 0.29) is 11.7 Å². The zero-order valence-corrected chi connectivity index (χ0v) is 14.9. The van der Waals surface area contributed by atoms with Crippen LogP contribution in [0.15, 0.2) is 60.7 Å². The van der Waals surface area contributed by atoms with E-state index in [1.165, 1.54) is 16.9 Å². The fourth-order valence-corrected chi connectivity index (χ4v) is 2.87. The number of aryl methyl sites for hydroxylation is 2. The van der Waals surface area contributed by atoms with E-state index in [9.17, 15) is 9.18 Å². The Morgan fingerprint density at radius 2 is 1.67 bits per heavy atom. The SMILES string of the molecule is Cc1cccc(C(=O)Nc2cc3nn(-c4ccc(F)cc4)nc3cc2C)c1. The Bertz CT molecular complexity index is 1150. The molecule has 0 aliphatic carbocycles. The van der Waals surface area contributed by atoms with Crippen LogP contribution in [-0.4, -0.2) is 20.9 Å². The van der Waals surface area contributed by atoms with Crippen molar-refractivity contribution in [3.63, 3.8) is 0 Å².